The van der Waals surface area contributed by atoms with E-state index in [2.05, 4.69) is 15.9 Å². The van der Waals surface area contributed by atoms with Gasteiger partial charge in [0.15, 0.2) is 0 Å². The molecule has 0 saturated heterocycles. The number of rotatable bonds is 7. The lowest BCUT2D eigenvalue weighted by Crippen LogP contribution is -2.44. The van der Waals surface area contributed by atoms with Crippen LogP contribution in [-0.4, -0.2) is 33.6 Å². The molecule has 31 heavy (non-hydrogen) atoms. The molecule has 0 bridgehead atoms. The van der Waals surface area contributed by atoms with Crippen molar-refractivity contribution in [2.75, 3.05) is 0 Å². The molecule has 0 aromatic heterocycles. The number of nitrogens with zero attached hydrogens (tertiary/aromatic N) is 1. The number of carbonyl (C=O) groups excluding carboxylic acids is 2. The topological polar surface area (TPSA) is 113 Å². The van der Waals surface area contributed by atoms with E-state index in [1.165, 1.54) is 12.8 Å². The van der Waals surface area contributed by atoms with Crippen molar-refractivity contribution in [3.8, 4) is 0 Å². The number of ether oxygens (including phenoxy) is 1. The summed E-state index contributed by atoms with van der Waals surface area (Å²) in [5, 5.41) is 11.1. The van der Waals surface area contributed by atoms with Crippen LogP contribution in [0.5, 0.6) is 0 Å². The molecule has 3 unspecified atom stereocenters. The summed E-state index contributed by atoms with van der Waals surface area (Å²) in [5.41, 5.74) is 6.25. The van der Waals surface area contributed by atoms with Gasteiger partial charge in [0.2, 0.25) is 11.9 Å². The Kier molecular flexibility index (Phi) is 10.6. The summed E-state index contributed by atoms with van der Waals surface area (Å²) in [6, 6.07) is 8.71. The van der Waals surface area contributed by atoms with Crippen LogP contribution in [0.3, 0.4) is 0 Å². The maximum Gasteiger partial charge on any atom is 0.238 e. The van der Waals surface area contributed by atoms with Gasteiger partial charge in [-0.05, 0) is 44.1 Å². The van der Waals surface area contributed by atoms with Crippen LogP contribution in [0.25, 0.3) is 0 Å². The SMILES string of the molecule is CCC(=O)C1CCC(Br)CC1.NC(=O)C1CCC([N+](=O)[O-])C(OCc2ccccc2)C1. The number of benzene rings is 1. The largest absolute Gasteiger partial charge is 0.369 e. The number of amides is 1. The number of ketones is 1. The minimum Gasteiger partial charge on any atom is -0.369 e. The first-order valence-corrected chi connectivity index (χ1v) is 12.0. The zero-order valence-corrected chi connectivity index (χ0v) is 19.7. The summed E-state index contributed by atoms with van der Waals surface area (Å²) in [7, 11) is 0. The van der Waals surface area contributed by atoms with Gasteiger partial charge in [0, 0.05) is 34.4 Å². The fourth-order valence-electron chi connectivity index (χ4n) is 4.23. The van der Waals surface area contributed by atoms with E-state index in [1.807, 2.05) is 37.3 Å². The normalized spacial score (nSPS) is 28.1. The van der Waals surface area contributed by atoms with Crippen molar-refractivity contribution in [3.05, 3.63) is 46.0 Å². The third kappa shape index (κ3) is 8.33. The number of hydrogen-bond acceptors (Lipinski definition) is 5. The van der Waals surface area contributed by atoms with Gasteiger partial charge in [-0.25, -0.2) is 0 Å². The Morgan fingerprint density at radius 2 is 1.71 bits per heavy atom. The lowest BCUT2D eigenvalue weighted by atomic mass is 9.83. The van der Waals surface area contributed by atoms with E-state index in [0.717, 1.165) is 24.8 Å². The number of primary amides is 1. The molecule has 1 aromatic carbocycles. The lowest BCUT2D eigenvalue weighted by molar-refractivity contribution is -0.540. The second kappa shape index (κ2) is 12.9. The molecule has 0 radical (unpaired) electrons. The Morgan fingerprint density at radius 1 is 1.10 bits per heavy atom. The highest BCUT2D eigenvalue weighted by atomic mass is 79.9. The molecule has 2 saturated carbocycles. The summed E-state index contributed by atoms with van der Waals surface area (Å²) < 4.78 is 5.67. The molecule has 0 heterocycles. The Bertz CT molecular complexity index is 722. The van der Waals surface area contributed by atoms with Crippen molar-refractivity contribution in [3.63, 3.8) is 0 Å². The van der Waals surface area contributed by atoms with Crippen LogP contribution in [0.4, 0.5) is 0 Å². The smallest absolute Gasteiger partial charge is 0.238 e. The number of carbonyl (C=O) groups is 2. The van der Waals surface area contributed by atoms with Crippen molar-refractivity contribution in [1.29, 1.82) is 0 Å². The molecule has 8 heteroatoms. The zero-order chi connectivity index (χ0) is 22.8. The van der Waals surface area contributed by atoms with Crippen LogP contribution in [-0.2, 0) is 20.9 Å². The average Bonchev–Trinajstić information content (AvgIpc) is 2.78. The van der Waals surface area contributed by atoms with Crippen LogP contribution in [0, 0.1) is 22.0 Å². The fourth-order valence-corrected chi connectivity index (χ4v) is 4.76. The third-order valence-corrected chi connectivity index (χ3v) is 7.11. The summed E-state index contributed by atoms with van der Waals surface area (Å²) >= 11 is 3.58. The van der Waals surface area contributed by atoms with Crippen molar-refractivity contribution < 1.29 is 19.2 Å². The summed E-state index contributed by atoms with van der Waals surface area (Å²) in [6.45, 7) is 2.27. The third-order valence-electron chi connectivity index (χ3n) is 6.20. The van der Waals surface area contributed by atoms with Crippen molar-refractivity contribution >= 4 is 27.6 Å². The van der Waals surface area contributed by atoms with Crippen molar-refractivity contribution in [2.24, 2.45) is 17.6 Å². The van der Waals surface area contributed by atoms with E-state index < -0.39 is 18.1 Å². The quantitative estimate of drug-likeness (QED) is 0.340. The minimum atomic E-state index is -0.755. The first kappa shape index (κ1) is 25.5. The number of nitrogens with two attached hydrogens (primary N) is 1. The van der Waals surface area contributed by atoms with Gasteiger partial charge in [-0.3, -0.25) is 19.7 Å². The van der Waals surface area contributed by atoms with Gasteiger partial charge in [0.25, 0.3) is 0 Å². The molecule has 2 aliphatic rings. The molecule has 1 amide bonds. The maximum absolute atomic E-state index is 11.3. The van der Waals surface area contributed by atoms with E-state index in [1.54, 1.807) is 0 Å². The molecule has 2 aliphatic carbocycles. The van der Waals surface area contributed by atoms with Gasteiger partial charge in [0.1, 0.15) is 11.9 Å². The molecule has 3 rings (SSSR count). The predicted molar refractivity (Wildman–Crippen MR) is 122 cm³/mol. The molecule has 0 aliphatic heterocycles. The van der Waals surface area contributed by atoms with Gasteiger partial charge >= 0.3 is 0 Å². The molecular formula is C23H33BrN2O5. The maximum atomic E-state index is 11.3. The fraction of sp³-hybridized carbons (Fsp3) is 0.652. The molecule has 0 spiro atoms. The Hall–Kier alpha value is -1.80. The van der Waals surface area contributed by atoms with Gasteiger partial charge in [0.05, 0.1) is 6.61 Å². The number of nitro groups is 1. The molecule has 1 aromatic rings. The Labute approximate surface area is 192 Å². The van der Waals surface area contributed by atoms with Crippen LogP contribution in [0.2, 0.25) is 0 Å². The highest BCUT2D eigenvalue weighted by molar-refractivity contribution is 9.09. The number of halogens is 1. The Morgan fingerprint density at radius 3 is 2.26 bits per heavy atom. The second-order valence-electron chi connectivity index (χ2n) is 8.37. The van der Waals surface area contributed by atoms with Gasteiger partial charge in [-0.2, -0.15) is 0 Å². The van der Waals surface area contributed by atoms with Crippen LogP contribution in [0.1, 0.15) is 63.9 Å². The zero-order valence-electron chi connectivity index (χ0n) is 18.1. The van der Waals surface area contributed by atoms with Crippen LogP contribution >= 0.6 is 15.9 Å². The Balaban J connectivity index is 0.000000262. The number of alkyl halides is 1. The van der Waals surface area contributed by atoms with Crippen molar-refractivity contribution in [1.82, 2.24) is 0 Å². The average molecular weight is 497 g/mol. The first-order valence-electron chi connectivity index (χ1n) is 11.1. The molecule has 3 atom stereocenters. The summed E-state index contributed by atoms with van der Waals surface area (Å²) in [6.07, 6.45) is 5.84. The molecule has 172 valence electrons. The van der Waals surface area contributed by atoms with Crippen molar-refractivity contribution in [2.45, 2.75) is 81.9 Å². The van der Waals surface area contributed by atoms with E-state index in [0.29, 0.717) is 42.4 Å². The molecule has 2 fully saturated rings. The van der Waals surface area contributed by atoms with E-state index >= 15 is 0 Å². The molecule has 7 nitrogen and oxygen atoms in total. The summed E-state index contributed by atoms with van der Waals surface area (Å²) in [4.78, 5) is 33.9. The highest BCUT2D eigenvalue weighted by Gasteiger charge is 2.40. The lowest BCUT2D eigenvalue weighted by Gasteiger charge is -2.29. The molecular weight excluding hydrogens is 464 g/mol. The van der Waals surface area contributed by atoms with Gasteiger partial charge in [-0.15, -0.1) is 0 Å². The standard InChI is InChI=1S/C14H18N2O4.C9H15BrO/c15-14(17)11-6-7-12(16(18)19)13(8-11)20-9-10-4-2-1-3-5-10;1-2-9(11)7-3-5-8(10)6-4-7/h1-5,11-13H,6-9H2,(H2,15,17);7-8H,2-6H2,1H3. The number of Topliss-reactive ketones (excluding diaryl/α,β-unsaturated/α-hetero) is 1. The van der Waals surface area contributed by atoms with Crippen LogP contribution in [0.15, 0.2) is 30.3 Å². The minimum absolute atomic E-state index is 0.307. The first-order chi connectivity index (χ1) is 14.8. The summed E-state index contributed by atoms with van der Waals surface area (Å²) in [5.74, 6) is 0.116. The monoisotopic (exact) mass is 496 g/mol. The van der Waals surface area contributed by atoms with Gasteiger partial charge in [-0.1, -0.05) is 53.2 Å². The van der Waals surface area contributed by atoms with E-state index in [4.69, 9.17) is 10.5 Å². The predicted octanol–water partition coefficient (Wildman–Crippen LogP) is 4.42. The highest BCUT2D eigenvalue weighted by Crippen LogP contribution is 2.30. The number of hydrogen-bond donors (Lipinski definition) is 1. The van der Waals surface area contributed by atoms with E-state index in [-0.39, 0.29) is 10.8 Å². The van der Waals surface area contributed by atoms with Gasteiger partial charge < -0.3 is 10.5 Å². The van der Waals surface area contributed by atoms with Crippen LogP contribution < -0.4 is 5.73 Å². The second-order valence-corrected chi connectivity index (χ2v) is 9.66. The van der Waals surface area contributed by atoms with E-state index in [9.17, 15) is 19.7 Å². The molecule has 2 N–H and O–H groups in total.